The van der Waals surface area contributed by atoms with Crippen LogP contribution in [0.15, 0.2) is 51.9 Å². The molecule has 0 spiro atoms. The fourth-order valence-corrected chi connectivity index (χ4v) is 2.14. The molecule has 5 nitrogen and oxygen atoms in total. The minimum absolute atomic E-state index is 0.200. The van der Waals surface area contributed by atoms with Crippen LogP contribution in [0.3, 0.4) is 0 Å². The molecule has 106 valence electrons. The van der Waals surface area contributed by atoms with Gasteiger partial charge in [0.15, 0.2) is 11.5 Å². The van der Waals surface area contributed by atoms with E-state index < -0.39 is 0 Å². The maximum absolute atomic E-state index is 12.5. The molecule has 0 fully saturated rings. The summed E-state index contributed by atoms with van der Waals surface area (Å²) in [5.41, 5.74) is 0.922. The molecule has 21 heavy (non-hydrogen) atoms. The monoisotopic (exact) mass is 284 g/mol. The molecule has 0 saturated heterocycles. The summed E-state index contributed by atoms with van der Waals surface area (Å²) in [7, 11) is 1.54. The van der Waals surface area contributed by atoms with Crippen molar-refractivity contribution >= 4 is 11.0 Å². The number of ether oxygens (including phenoxy) is 1. The lowest BCUT2D eigenvalue weighted by atomic mass is 10.1. The Morgan fingerprint density at radius 2 is 1.86 bits per heavy atom. The van der Waals surface area contributed by atoms with Crippen molar-refractivity contribution in [3.05, 3.63) is 52.9 Å². The highest BCUT2D eigenvalue weighted by Gasteiger charge is 2.12. The van der Waals surface area contributed by atoms with E-state index in [4.69, 9.17) is 9.15 Å². The number of methoxy groups -OCH3 is 1. The third-order valence-corrected chi connectivity index (χ3v) is 3.25. The second-order valence-corrected chi connectivity index (χ2v) is 4.55. The summed E-state index contributed by atoms with van der Waals surface area (Å²) in [5, 5.41) is 19.2. The van der Waals surface area contributed by atoms with Crippen LogP contribution in [0.2, 0.25) is 0 Å². The molecule has 1 heterocycles. The quantitative estimate of drug-likeness (QED) is 0.707. The predicted octanol–water partition coefficient (Wildman–Crippen LogP) is 2.88. The summed E-state index contributed by atoms with van der Waals surface area (Å²) in [4.78, 5) is 12.5. The lowest BCUT2D eigenvalue weighted by Crippen LogP contribution is -2.04. The van der Waals surface area contributed by atoms with E-state index in [1.807, 2.05) is 0 Å². The van der Waals surface area contributed by atoms with Crippen molar-refractivity contribution in [2.45, 2.75) is 0 Å². The Morgan fingerprint density at radius 1 is 1.10 bits per heavy atom. The van der Waals surface area contributed by atoms with Crippen LogP contribution in [0.4, 0.5) is 0 Å². The summed E-state index contributed by atoms with van der Waals surface area (Å²) in [5.74, 6) is -0.0714. The van der Waals surface area contributed by atoms with E-state index in [0.717, 1.165) is 0 Å². The molecule has 0 aliphatic heterocycles. The molecule has 5 heteroatoms. The van der Waals surface area contributed by atoms with Crippen LogP contribution in [0.25, 0.3) is 22.1 Å². The number of phenols is 2. The second-order valence-electron chi connectivity index (χ2n) is 4.55. The first-order valence-corrected chi connectivity index (χ1v) is 6.22. The topological polar surface area (TPSA) is 79.9 Å². The predicted molar refractivity (Wildman–Crippen MR) is 77.8 cm³/mol. The van der Waals surface area contributed by atoms with Crippen LogP contribution in [0.1, 0.15) is 0 Å². The third-order valence-electron chi connectivity index (χ3n) is 3.25. The molecule has 2 N–H and O–H groups in total. The van der Waals surface area contributed by atoms with Crippen molar-refractivity contribution < 1.29 is 19.4 Å². The number of hydrogen-bond donors (Lipinski definition) is 2. The van der Waals surface area contributed by atoms with Gasteiger partial charge < -0.3 is 19.4 Å². The van der Waals surface area contributed by atoms with Gasteiger partial charge in [-0.2, -0.15) is 0 Å². The minimum Gasteiger partial charge on any atom is -0.504 e. The zero-order valence-electron chi connectivity index (χ0n) is 11.2. The van der Waals surface area contributed by atoms with Gasteiger partial charge in [0.2, 0.25) is 5.43 Å². The number of fused-ring (bicyclic) bond motifs is 1. The Labute approximate surface area is 119 Å². The first-order valence-electron chi connectivity index (χ1n) is 6.22. The summed E-state index contributed by atoms with van der Waals surface area (Å²) in [6.07, 6.45) is 1.33. The van der Waals surface area contributed by atoms with Crippen molar-refractivity contribution in [3.63, 3.8) is 0 Å². The minimum atomic E-state index is -0.363. The molecule has 0 aliphatic rings. The standard InChI is InChI=1S/C16H12O5/c1-20-10-4-2-3-9(5-10)12-8-21-15-7-14(18)13(17)6-11(15)16(12)19/h2-8,17-18H,1H3. The summed E-state index contributed by atoms with van der Waals surface area (Å²) in [6.45, 7) is 0. The van der Waals surface area contributed by atoms with E-state index >= 15 is 0 Å². The Morgan fingerprint density at radius 3 is 2.62 bits per heavy atom. The number of rotatable bonds is 2. The fraction of sp³-hybridized carbons (Fsp3) is 0.0625. The van der Waals surface area contributed by atoms with Crippen LogP contribution < -0.4 is 10.2 Å². The van der Waals surface area contributed by atoms with E-state index in [1.54, 1.807) is 31.4 Å². The molecule has 3 rings (SSSR count). The molecule has 0 radical (unpaired) electrons. The van der Waals surface area contributed by atoms with E-state index in [1.165, 1.54) is 18.4 Å². The number of hydrogen-bond acceptors (Lipinski definition) is 5. The van der Waals surface area contributed by atoms with Gasteiger partial charge in [-0.25, -0.2) is 0 Å². The maximum Gasteiger partial charge on any atom is 0.200 e. The zero-order valence-corrected chi connectivity index (χ0v) is 11.2. The second kappa shape index (κ2) is 4.86. The van der Waals surface area contributed by atoms with Gasteiger partial charge in [-0.3, -0.25) is 4.79 Å². The molecule has 0 amide bonds. The smallest absolute Gasteiger partial charge is 0.200 e. The molecular weight excluding hydrogens is 272 g/mol. The molecule has 0 saturated carbocycles. The summed E-state index contributed by atoms with van der Waals surface area (Å²) >= 11 is 0. The van der Waals surface area contributed by atoms with Crippen molar-refractivity contribution in [2.24, 2.45) is 0 Å². The van der Waals surface area contributed by atoms with Crippen LogP contribution >= 0.6 is 0 Å². The van der Waals surface area contributed by atoms with E-state index in [2.05, 4.69) is 0 Å². The normalized spacial score (nSPS) is 10.7. The van der Waals surface area contributed by atoms with Gasteiger partial charge in [0, 0.05) is 6.07 Å². The highest BCUT2D eigenvalue weighted by atomic mass is 16.5. The van der Waals surface area contributed by atoms with Crippen molar-refractivity contribution in [3.8, 4) is 28.4 Å². The van der Waals surface area contributed by atoms with Gasteiger partial charge >= 0.3 is 0 Å². The Bertz CT molecular complexity index is 879. The molecule has 0 aliphatic carbocycles. The molecular formula is C16H12O5. The average Bonchev–Trinajstić information content (AvgIpc) is 2.50. The Kier molecular flexibility index (Phi) is 3.02. The Hall–Kier alpha value is -2.95. The number of aromatic hydroxyl groups is 2. The lowest BCUT2D eigenvalue weighted by molar-refractivity contribution is 0.403. The highest BCUT2D eigenvalue weighted by Crippen LogP contribution is 2.30. The van der Waals surface area contributed by atoms with Gasteiger partial charge in [0.25, 0.3) is 0 Å². The van der Waals surface area contributed by atoms with E-state index in [9.17, 15) is 15.0 Å². The molecule has 0 bridgehead atoms. The van der Waals surface area contributed by atoms with E-state index in [0.29, 0.717) is 16.9 Å². The van der Waals surface area contributed by atoms with Crippen LogP contribution in [0, 0.1) is 0 Å². The molecule has 0 unspecified atom stereocenters. The summed E-state index contributed by atoms with van der Waals surface area (Å²) < 4.78 is 10.5. The average molecular weight is 284 g/mol. The first kappa shape index (κ1) is 13.1. The molecule has 2 aromatic carbocycles. The van der Waals surface area contributed by atoms with E-state index in [-0.39, 0.29) is 27.9 Å². The van der Waals surface area contributed by atoms with Crippen molar-refractivity contribution in [1.29, 1.82) is 0 Å². The third kappa shape index (κ3) is 2.18. The van der Waals surface area contributed by atoms with Gasteiger partial charge in [0.1, 0.15) is 17.6 Å². The van der Waals surface area contributed by atoms with Gasteiger partial charge in [-0.05, 0) is 23.8 Å². The number of phenolic OH excluding ortho intramolecular Hbond substituents is 2. The van der Waals surface area contributed by atoms with Gasteiger partial charge in [-0.1, -0.05) is 12.1 Å². The van der Waals surface area contributed by atoms with Crippen molar-refractivity contribution in [1.82, 2.24) is 0 Å². The fourth-order valence-electron chi connectivity index (χ4n) is 2.14. The number of benzene rings is 2. The van der Waals surface area contributed by atoms with Gasteiger partial charge in [-0.15, -0.1) is 0 Å². The SMILES string of the molecule is COc1cccc(-c2coc3cc(O)c(O)cc3c2=O)c1. The first-order chi connectivity index (χ1) is 10.1. The molecule has 0 atom stereocenters. The largest absolute Gasteiger partial charge is 0.504 e. The van der Waals surface area contributed by atoms with Crippen LogP contribution in [0.5, 0.6) is 17.2 Å². The highest BCUT2D eigenvalue weighted by molar-refractivity contribution is 5.84. The van der Waals surface area contributed by atoms with Crippen LogP contribution in [-0.2, 0) is 0 Å². The van der Waals surface area contributed by atoms with Gasteiger partial charge in [0.05, 0.1) is 18.1 Å². The lowest BCUT2D eigenvalue weighted by Gasteiger charge is -2.06. The molecule has 3 aromatic rings. The summed E-state index contributed by atoms with van der Waals surface area (Å²) in [6, 6.07) is 9.43. The zero-order chi connectivity index (χ0) is 15.0. The van der Waals surface area contributed by atoms with Crippen LogP contribution in [-0.4, -0.2) is 17.3 Å². The maximum atomic E-state index is 12.5. The van der Waals surface area contributed by atoms with Crippen molar-refractivity contribution in [2.75, 3.05) is 7.11 Å². The Balaban J connectivity index is 2.26. The molecule has 1 aromatic heterocycles.